The van der Waals surface area contributed by atoms with Gasteiger partial charge in [-0.1, -0.05) is 6.07 Å². The highest BCUT2D eigenvalue weighted by molar-refractivity contribution is 5.98. The van der Waals surface area contributed by atoms with Crippen LogP contribution in [0.3, 0.4) is 0 Å². The summed E-state index contributed by atoms with van der Waals surface area (Å²) in [5, 5.41) is 3.32. The summed E-state index contributed by atoms with van der Waals surface area (Å²) in [6, 6.07) is 5.32. The van der Waals surface area contributed by atoms with Gasteiger partial charge >= 0.3 is 0 Å². The summed E-state index contributed by atoms with van der Waals surface area (Å²) in [5.74, 6) is -0.256. The smallest absolute Gasteiger partial charge is 0.244 e. The number of nitrogens with one attached hydrogen (secondary N) is 1. The molecular formula is C18H27ClFN3O. The number of rotatable bonds is 3. The number of carbonyl (C=O) groups excluding carboxylic acids is 1. The topological polar surface area (TPSA) is 35.6 Å². The summed E-state index contributed by atoms with van der Waals surface area (Å²) in [7, 11) is 1.98. The summed E-state index contributed by atoms with van der Waals surface area (Å²) in [6.45, 7) is 4.39. The summed E-state index contributed by atoms with van der Waals surface area (Å²) in [5.41, 5.74) is 1.41. The van der Waals surface area contributed by atoms with Crippen LogP contribution in [-0.4, -0.2) is 49.6 Å². The number of likely N-dealkylation sites (tertiary alicyclic amines) is 1. The van der Waals surface area contributed by atoms with Crippen molar-refractivity contribution in [2.24, 2.45) is 0 Å². The van der Waals surface area contributed by atoms with E-state index in [2.05, 4.69) is 10.2 Å². The molecule has 2 aliphatic heterocycles. The van der Waals surface area contributed by atoms with E-state index in [-0.39, 0.29) is 30.2 Å². The average molecular weight is 356 g/mol. The molecule has 2 atom stereocenters. The van der Waals surface area contributed by atoms with E-state index in [1.54, 1.807) is 17.0 Å². The van der Waals surface area contributed by atoms with Gasteiger partial charge < -0.3 is 10.2 Å². The van der Waals surface area contributed by atoms with E-state index in [1.165, 1.54) is 6.07 Å². The summed E-state index contributed by atoms with van der Waals surface area (Å²) >= 11 is 0. The Kier molecular flexibility index (Phi) is 6.61. The van der Waals surface area contributed by atoms with Gasteiger partial charge in [0.2, 0.25) is 5.91 Å². The second kappa shape index (κ2) is 8.28. The molecule has 2 fully saturated rings. The average Bonchev–Trinajstić information content (AvgIpc) is 2.57. The van der Waals surface area contributed by atoms with Gasteiger partial charge in [-0.15, -0.1) is 12.4 Å². The number of likely N-dealkylation sites (N-methyl/N-ethyl adjacent to an activating group) is 1. The maximum atomic E-state index is 14.2. The van der Waals surface area contributed by atoms with Gasteiger partial charge in [0, 0.05) is 19.1 Å². The lowest BCUT2D eigenvalue weighted by Crippen LogP contribution is -2.57. The zero-order valence-corrected chi connectivity index (χ0v) is 15.2. The van der Waals surface area contributed by atoms with Gasteiger partial charge in [-0.3, -0.25) is 9.69 Å². The molecule has 3 rings (SSSR count). The fraction of sp³-hybridized carbons (Fsp3) is 0.611. The predicted molar refractivity (Wildman–Crippen MR) is 97.4 cm³/mol. The van der Waals surface area contributed by atoms with E-state index in [1.807, 2.05) is 14.0 Å². The first-order valence-corrected chi connectivity index (χ1v) is 8.59. The van der Waals surface area contributed by atoms with Crippen molar-refractivity contribution >= 4 is 24.0 Å². The molecule has 6 heteroatoms. The highest BCUT2D eigenvalue weighted by atomic mass is 35.5. The molecule has 1 aromatic carbocycles. The molecule has 2 saturated heterocycles. The van der Waals surface area contributed by atoms with Crippen molar-refractivity contribution in [3.05, 3.63) is 29.6 Å². The van der Waals surface area contributed by atoms with Crippen molar-refractivity contribution in [2.75, 3.05) is 31.6 Å². The first kappa shape index (κ1) is 19.2. The van der Waals surface area contributed by atoms with Gasteiger partial charge in [0.1, 0.15) is 5.82 Å². The standard InChI is InChI=1S/C18H26FN3O.ClH/c1-13-7-8-15(19)17(11-13)22-10-4-6-16(18(22)23)21-9-3-5-14(12-21)20-2;/h7-8,11,14,16,20H,3-6,9-10,12H2,1-2H3;1H. The monoisotopic (exact) mass is 355 g/mol. The molecule has 1 amide bonds. The van der Waals surface area contributed by atoms with Crippen molar-refractivity contribution in [1.29, 1.82) is 0 Å². The SMILES string of the molecule is CNC1CCCN(C2CCCN(c3cc(C)ccc3F)C2=O)C1.Cl. The third kappa shape index (κ3) is 3.90. The normalized spacial score (nSPS) is 25.5. The molecule has 2 unspecified atom stereocenters. The van der Waals surface area contributed by atoms with Gasteiger partial charge in [-0.25, -0.2) is 4.39 Å². The highest BCUT2D eigenvalue weighted by Crippen LogP contribution is 2.28. The van der Waals surface area contributed by atoms with Crippen LogP contribution in [0.15, 0.2) is 18.2 Å². The molecule has 0 aliphatic carbocycles. The molecule has 0 spiro atoms. The van der Waals surface area contributed by atoms with Crippen LogP contribution in [0.1, 0.15) is 31.2 Å². The first-order chi connectivity index (χ1) is 11.1. The molecule has 0 bridgehead atoms. The van der Waals surface area contributed by atoms with E-state index in [4.69, 9.17) is 0 Å². The Morgan fingerprint density at radius 2 is 1.96 bits per heavy atom. The number of amides is 1. The number of anilines is 1. The number of carbonyl (C=O) groups is 1. The van der Waals surface area contributed by atoms with Crippen LogP contribution in [0.4, 0.5) is 10.1 Å². The summed E-state index contributed by atoms with van der Waals surface area (Å²) in [4.78, 5) is 16.9. The van der Waals surface area contributed by atoms with Crippen molar-refractivity contribution in [2.45, 2.75) is 44.7 Å². The van der Waals surface area contributed by atoms with Crippen molar-refractivity contribution in [1.82, 2.24) is 10.2 Å². The van der Waals surface area contributed by atoms with E-state index >= 15 is 0 Å². The molecule has 24 heavy (non-hydrogen) atoms. The zero-order valence-electron chi connectivity index (χ0n) is 14.4. The Morgan fingerprint density at radius 1 is 1.21 bits per heavy atom. The maximum absolute atomic E-state index is 14.2. The van der Waals surface area contributed by atoms with E-state index in [9.17, 15) is 9.18 Å². The van der Waals surface area contributed by atoms with Crippen molar-refractivity contribution in [3.63, 3.8) is 0 Å². The van der Waals surface area contributed by atoms with E-state index < -0.39 is 0 Å². The fourth-order valence-electron chi connectivity index (χ4n) is 3.79. The van der Waals surface area contributed by atoms with Crippen LogP contribution in [0, 0.1) is 12.7 Å². The lowest BCUT2D eigenvalue weighted by molar-refractivity contribution is -0.126. The minimum Gasteiger partial charge on any atom is -0.316 e. The number of piperidine rings is 2. The van der Waals surface area contributed by atoms with E-state index in [0.29, 0.717) is 18.3 Å². The van der Waals surface area contributed by atoms with Crippen molar-refractivity contribution in [3.8, 4) is 0 Å². The third-order valence-electron chi connectivity index (χ3n) is 5.10. The number of aryl methyl sites for hydroxylation is 1. The van der Waals surface area contributed by atoms with Crippen LogP contribution in [0.25, 0.3) is 0 Å². The third-order valence-corrected chi connectivity index (χ3v) is 5.10. The number of hydrogen-bond donors (Lipinski definition) is 1. The molecule has 2 aliphatic rings. The van der Waals surface area contributed by atoms with Crippen LogP contribution < -0.4 is 10.2 Å². The Morgan fingerprint density at radius 3 is 2.71 bits per heavy atom. The summed E-state index contributed by atoms with van der Waals surface area (Å²) < 4.78 is 14.2. The number of nitrogens with zero attached hydrogens (tertiary/aromatic N) is 2. The van der Waals surface area contributed by atoms with Gasteiger partial charge in [0.05, 0.1) is 11.7 Å². The largest absolute Gasteiger partial charge is 0.316 e. The Labute approximate surface area is 149 Å². The second-order valence-corrected chi connectivity index (χ2v) is 6.73. The number of halogens is 2. The van der Waals surface area contributed by atoms with Crippen LogP contribution in [0.2, 0.25) is 0 Å². The zero-order chi connectivity index (χ0) is 16.4. The predicted octanol–water partition coefficient (Wildman–Crippen LogP) is 2.74. The first-order valence-electron chi connectivity index (χ1n) is 8.59. The minimum atomic E-state index is -0.309. The molecule has 0 radical (unpaired) electrons. The van der Waals surface area contributed by atoms with Gasteiger partial charge in [-0.2, -0.15) is 0 Å². The Balaban J connectivity index is 0.00000208. The summed E-state index contributed by atoms with van der Waals surface area (Å²) in [6.07, 6.45) is 4.06. The van der Waals surface area contributed by atoms with Gasteiger partial charge in [-0.05, 0) is 63.9 Å². The molecular weight excluding hydrogens is 329 g/mol. The quantitative estimate of drug-likeness (QED) is 0.905. The molecule has 4 nitrogen and oxygen atoms in total. The Hall–Kier alpha value is -1.17. The Bertz CT molecular complexity index is 583. The lowest BCUT2D eigenvalue weighted by Gasteiger charge is -2.42. The van der Waals surface area contributed by atoms with Crippen LogP contribution in [0.5, 0.6) is 0 Å². The van der Waals surface area contributed by atoms with Gasteiger partial charge in [0.15, 0.2) is 0 Å². The lowest BCUT2D eigenvalue weighted by atomic mass is 9.97. The molecule has 0 aromatic heterocycles. The second-order valence-electron chi connectivity index (χ2n) is 6.73. The number of hydrogen-bond acceptors (Lipinski definition) is 3. The molecule has 2 heterocycles. The number of benzene rings is 1. The highest BCUT2D eigenvalue weighted by Gasteiger charge is 2.36. The van der Waals surface area contributed by atoms with Gasteiger partial charge in [0.25, 0.3) is 0 Å². The molecule has 1 N–H and O–H groups in total. The van der Waals surface area contributed by atoms with Crippen LogP contribution in [-0.2, 0) is 4.79 Å². The molecule has 134 valence electrons. The van der Waals surface area contributed by atoms with Crippen LogP contribution >= 0.6 is 12.4 Å². The maximum Gasteiger partial charge on any atom is 0.244 e. The minimum absolute atomic E-state index is 0. The molecule has 1 aromatic rings. The fourth-order valence-corrected chi connectivity index (χ4v) is 3.79. The molecule has 0 saturated carbocycles. The van der Waals surface area contributed by atoms with E-state index in [0.717, 1.165) is 44.3 Å². The van der Waals surface area contributed by atoms with Crippen molar-refractivity contribution < 1.29 is 9.18 Å².